The average Bonchev–Trinajstić information content (AvgIpc) is 3.36. The molecule has 2 aliphatic heterocycles. The number of non-ortho nitro benzene ring substituents is 1. The van der Waals surface area contributed by atoms with Gasteiger partial charge in [-0.3, -0.25) is 15.0 Å². The number of tetrazole rings is 1. The Hall–Kier alpha value is -3.59. The lowest BCUT2D eigenvalue weighted by Crippen LogP contribution is -2.45. The van der Waals surface area contributed by atoms with Gasteiger partial charge in [0.1, 0.15) is 0 Å². The molecule has 0 spiro atoms. The molecule has 9 nitrogen and oxygen atoms in total. The van der Waals surface area contributed by atoms with Gasteiger partial charge in [-0.05, 0) is 34.0 Å². The van der Waals surface area contributed by atoms with E-state index in [1.807, 2.05) is 22.9 Å². The zero-order chi connectivity index (χ0) is 19.5. The standard InChI is InChI=1S/C20H17N7O2/c28-27(29)13-7-5-12(6-8-13)19-20-22-23-24-26(20)11-17-18-15(9-10-25(17)19)14-3-1-2-4-16(14)21-18/h1-8,17,19,21H,9-11H2. The molecule has 0 aliphatic carbocycles. The first-order chi connectivity index (χ1) is 14.2. The molecule has 2 unspecified atom stereocenters. The molecule has 2 atom stereocenters. The minimum Gasteiger partial charge on any atom is -0.357 e. The zero-order valence-electron chi connectivity index (χ0n) is 15.4. The van der Waals surface area contributed by atoms with Gasteiger partial charge in [0.2, 0.25) is 0 Å². The van der Waals surface area contributed by atoms with Crippen LogP contribution in [0.2, 0.25) is 0 Å². The van der Waals surface area contributed by atoms with Crippen molar-refractivity contribution in [2.24, 2.45) is 0 Å². The van der Waals surface area contributed by atoms with Crippen LogP contribution in [0.15, 0.2) is 48.5 Å². The van der Waals surface area contributed by atoms with E-state index < -0.39 is 0 Å². The highest BCUT2D eigenvalue weighted by Gasteiger charge is 2.42. The maximum atomic E-state index is 11.1. The lowest BCUT2D eigenvalue weighted by Gasteiger charge is -2.43. The molecule has 0 bridgehead atoms. The summed E-state index contributed by atoms with van der Waals surface area (Å²) in [6, 6.07) is 15.1. The van der Waals surface area contributed by atoms with Crippen molar-refractivity contribution in [1.29, 1.82) is 0 Å². The predicted molar refractivity (Wildman–Crippen MR) is 104 cm³/mol. The molecule has 0 saturated heterocycles. The van der Waals surface area contributed by atoms with Crippen molar-refractivity contribution in [3.63, 3.8) is 0 Å². The lowest BCUT2D eigenvalue weighted by molar-refractivity contribution is -0.384. The molecule has 0 saturated carbocycles. The van der Waals surface area contributed by atoms with E-state index in [9.17, 15) is 10.1 Å². The third-order valence-corrected chi connectivity index (χ3v) is 6.10. The molecule has 2 aliphatic rings. The van der Waals surface area contributed by atoms with Crippen LogP contribution in [0.25, 0.3) is 10.9 Å². The molecule has 2 aromatic carbocycles. The van der Waals surface area contributed by atoms with E-state index in [0.717, 1.165) is 29.9 Å². The van der Waals surface area contributed by atoms with E-state index in [4.69, 9.17) is 0 Å². The summed E-state index contributed by atoms with van der Waals surface area (Å²) in [5, 5.41) is 24.7. The minimum absolute atomic E-state index is 0.0808. The molecular formula is C20H17N7O2. The van der Waals surface area contributed by atoms with Crippen LogP contribution in [0.5, 0.6) is 0 Å². The first kappa shape index (κ1) is 16.4. The highest BCUT2D eigenvalue weighted by atomic mass is 16.6. The number of rotatable bonds is 2. The Labute approximate surface area is 165 Å². The number of H-pyrrole nitrogens is 1. The first-order valence-electron chi connectivity index (χ1n) is 9.56. The Kier molecular flexibility index (Phi) is 3.36. The number of nitro benzene ring substituents is 1. The third-order valence-electron chi connectivity index (χ3n) is 6.10. The third kappa shape index (κ3) is 2.34. The first-order valence-corrected chi connectivity index (χ1v) is 9.56. The number of nitrogens with one attached hydrogen (secondary N) is 1. The van der Waals surface area contributed by atoms with E-state index in [0.29, 0.717) is 6.54 Å². The SMILES string of the molecule is O=[N+]([O-])c1ccc(C2c3nnnn3CC3c4[nH]c5ccccc5c4CCN32)cc1. The highest BCUT2D eigenvalue weighted by Crippen LogP contribution is 2.44. The van der Waals surface area contributed by atoms with Gasteiger partial charge in [0.15, 0.2) is 5.82 Å². The van der Waals surface area contributed by atoms with Gasteiger partial charge in [-0.15, -0.1) is 5.10 Å². The van der Waals surface area contributed by atoms with Gasteiger partial charge < -0.3 is 4.98 Å². The molecule has 0 amide bonds. The van der Waals surface area contributed by atoms with Gasteiger partial charge in [-0.2, -0.15) is 0 Å². The molecule has 0 radical (unpaired) electrons. The van der Waals surface area contributed by atoms with Gasteiger partial charge in [-0.1, -0.05) is 30.3 Å². The van der Waals surface area contributed by atoms with Crippen LogP contribution in [0, 0.1) is 10.1 Å². The fourth-order valence-electron chi connectivity index (χ4n) is 4.81. The number of nitro groups is 1. The normalized spacial score (nSPS) is 20.8. The number of fused-ring (bicyclic) bond motifs is 6. The summed E-state index contributed by atoms with van der Waals surface area (Å²) < 4.78 is 1.86. The second-order valence-corrected chi connectivity index (χ2v) is 7.54. The quantitative estimate of drug-likeness (QED) is 0.419. The second-order valence-electron chi connectivity index (χ2n) is 7.54. The van der Waals surface area contributed by atoms with Crippen LogP contribution >= 0.6 is 0 Å². The zero-order valence-corrected chi connectivity index (χ0v) is 15.4. The van der Waals surface area contributed by atoms with Crippen LogP contribution in [-0.2, 0) is 13.0 Å². The Morgan fingerprint density at radius 1 is 1.14 bits per heavy atom. The van der Waals surface area contributed by atoms with E-state index in [2.05, 4.69) is 43.6 Å². The summed E-state index contributed by atoms with van der Waals surface area (Å²) in [6.07, 6.45) is 0.931. The molecule has 144 valence electrons. The number of nitrogens with zero attached hydrogens (tertiary/aromatic N) is 6. The fourth-order valence-corrected chi connectivity index (χ4v) is 4.81. The Morgan fingerprint density at radius 3 is 2.79 bits per heavy atom. The number of hydrogen-bond donors (Lipinski definition) is 1. The van der Waals surface area contributed by atoms with Gasteiger partial charge in [0.25, 0.3) is 5.69 Å². The van der Waals surface area contributed by atoms with Crippen LogP contribution < -0.4 is 0 Å². The molecule has 0 fully saturated rings. The van der Waals surface area contributed by atoms with Gasteiger partial charge >= 0.3 is 0 Å². The van der Waals surface area contributed by atoms with Crippen molar-refractivity contribution < 1.29 is 4.92 Å². The summed E-state index contributed by atoms with van der Waals surface area (Å²) in [5.41, 5.74) is 4.76. The number of benzene rings is 2. The smallest absolute Gasteiger partial charge is 0.269 e. The summed E-state index contributed by atoms with van der Waals surface area (Å²) >= 11 is 0. The number of hydrogen-bond acceptors (Lipinski definition) is 6. The molecule has 1 N–H and O–H groups in total. The van der Waals surface area contributed by atoms with Crippen LogP contribution in [0.3, 0.4) is 0 Å². The van der Waals surface area contributed by atoms with Crippen molar-refractivity contribution in [2.45, 2.75) is 25.0 Å². The largest absolute Gasteiger partial charge is 0.357 e. The molecule has 4 heterocycles. The Bertz CT molecular complexity index is 1240. The summed E-state index contributed by atoms with van der Waals surface area (Å²) in [7, 11) is 0. The topological polar surface area (TPSA) is 106 Å². The molecule has 2 aromatic heterocycles. The summed E-state index contributed by atoms with van der Waals surface area (Å²) in [4.78, 5) is 16.7. The van der Waals surface area contributed by atoms with Gasteiger partial charge in [0.05, 0.1) is 23.6 Å². The van der Waals surface area contributed by atoms with Crippen LogP contribution in [0.1, 0.15) is 34.7 Å². The van der Waals surface area contributed by atoms with Crippen molar-refractivity contribution in [1.82, 2.24) is 30.1 Å². The van der Waals surface area contributed by atoms with E-state index in [1.165, 1.54) is 16.6 Å². The van der Waals surface area contributed by atoms with Gasteiger partial charge in [0, 0.05) is 35.3 Å². The van der Waals surface area contributed by atoms with Crippen molar-refractivity contribution in [2.75, 3.05) is 6.54 Å². The van der Waals surface area contributed by atoms with E-state index in [-0.39, 0.29) is 22.7 Å². The van der Waals surface area contributed by atoms with Crippen molar-refractivity contribution in [3.05, 3.63) is 81.3 Å². The fraction of sp³-hybridized carbons (Fsp3) is 0.250. The average molecular weight is 387 g/mol. The van der Waals surface area contributed by atoms with E-state index in [1.54, 1.807) is 12.1 Å². The van der Waals surface area contributed by atoms with Crippen LogP contribution in [-0.4, -0.2) is 41.6 Å². The number of para-hydroxylation sites is 1. The van der Waals surface area contributed by atoms with E-state index >= 15 is 0 Å². The number of aromatic amines is 1. The second kappa shape index (κ2) is 5.95. The predicted octanol–water partition coefficient (Wildman–Crippen LogP) is 2.77. The Morgan fingerprint density at radius 2 is 1.97 bits per heavy atom. The monoisotopic (exact) mass is 387 g/mol. The molecule has 9 heteroatoms. The molecular weight excluding hydrogens is 370 g/mol. The Balaban J connectivity index is 1.49. The van der Waals surface area contributed by atoms with Crippen molar-refractivity contribution in [3.8, 4) is 0 Å². The molecule has 4 aromatic rings. The number of aromatic nitrogens is 5. The molecule has 29 heavy (non-hydrogen) atoms. The maximum Gasteiger partial charge on any atom is 0.269 e. The minimum atomic E-state index is -0.380. The van der Waals surface area contributed by atoms with Crippen LogP contribution in [0.4, 0.5) is 5.69 Å². The van der Waals surface area contributed by atoms with Gasteiger partial charge in [-0.25, -0.2) is 4.68 Å². The lowest BCUT2D eigenvalue weighted by atomic mass is 9.91. The molecule has 6 rings (SSSR count). The summed E-state index contributed by atoms with van der Waals surface area (Å²) in [6.45, 7) is 1.54. The summed E-state index contributed by atoms with van der Waals surface area (Å²) in [5.74, 6) is 0.773. The maximum absolute atomic E-state index is 11.1. The highest BCUT2D eigenvalue weighted by molar-refractivity contribution is 5.85. The van der Waals surface area contributed by atoms with Crippen molar-refractivity contribution >= 4 is 16.6 Å².